The molecule has 1 aliphatic rings. The van der Waals surface area contributed by atoms with E-state index in [0.29, 0.717) is 29.7 Å². The summed E-state index contributed by atoms with van der Waals surface area (Å²) in [6.07, 6.45) is 0.761. The van der Waals surface area contributed by atoms with E-state index < -0.39 is 0 Å². The summed E-state index contributed by atoms with van der Waals surface area (Å²) < 4.78 is 0. The highest BCUT2D eigenvalue weighted by Crippen LogP contribution is 2.36. The Bertz CT molecular complexity index is 1030. The Labute approximate surface area is 164 Å². The number of aryl methyl sites for hydroxylation is 1. The van der Waals surface area contributed by atoms with Gasteiger partial charge in [0.15, 0.2) is 5.78 Å². The van der Waals surface area contributed by atoms with E-state index >= 15 is 0 Å². The molecular weight excluding hydrogens is 346 g/mol. The summed E-state index contributed by atoms with van der Waals surface area (Å²) in [6.45, 7) is 2.01. The third kappa shape index (κ3) is 3.39. The van der Waals surface area contributed by atoms with Gasteiger partial charge in [0.05, 0.1) is 5.70 Å². The summed E-state index contributed by atoms with van der Waals surface area (Å²) in [6, 6.07) is 26.8. The average molecular weight is 367 g/mol. The van der Waals surface area contributed by atoms with Gasteiger partial charge in [0.1, 0.15) is 0 Å². The summed E-state index contributed by atoms with van der Waals surface area (Å²) in [5, 5.41) is 0. The van der Waals surface area contributed by atoms with Crippen molar-refractivity contribution in [3.8, 4) is 0 Å². The molecule has 0 unspecified atom stereocenters. The molecule has 3 aromatic rings. The molecule has 1 amide bonds. The zero-order chi connectivity index (χ0) is 19.5. The van der Waals surface area contributed by atoms with E-state index in [4.69, 9.17) is 0 Å². The third-order valence-corrected chi connectivity index (χ3v) is 5.00. The van der Waals surface area contributed by atoms with Crippen molar-refractivity contribution in [2.24, 2.45) is 0 Å². The van der Waals surface area contributed by atoms with Crippen LogP contribution in [0.2, 0.25) is 0 Å². The molecule has 0 atom stereocenters. The Kier molecular flexibility index (Phi) is 4.90. The molecule has 1 aliphatic heterocycles. The van der Waals surface area contributed by atoms with E-state index in [1.807, 2.05) is 91.9 Å². The second-order valence-corrected chi connectivity index (χ2v) is 6.95. The van der Waals surface area contributed by atoms with Crippen molar-refractivity contribution in [3.05, 3.63) is 107 Å². The summed E-state index contributed by atoms with van der Waals surface area (Å²) >= 11 is 0. The molecule has 4 rings (SSSR count). The Hall–Kier alpha value is -3.46. The highest BCUT2D eigenvalue weighted by Gasteiger charge is 2.32. The van der Waals surface area contributed by atoms with Crippen molar-refractivity contribution in [3.63, 3.8) is 0 Å². The van der Waals surface area contributed by atoms with Gasteiger partial charge in [-0.25, -0.2) is 0 Å². The first-order chi connectivity index (χ1) is 13.6. The Morgan fingerprint density at radius 2 is 1.39 bits per heavy atom. The molecule has 0 bridgehead atoms. The second-order valence-electron chi connectivity index (χ2n) is 6.95. The van der Waals surface area contributed by atoms with Crippen LogP contribution in [-0.2, 0) is 4.79 Å². The molecule has 0 aromatic heterocycles. The van der Waals surface area contributed by atoms with Crippen LogP contribution in [0.5, 0.6) is 0 Å². The highest BCUT2D eigenvalue weighted by atomic mass is 16.2. The minimum Gasteiger partial charge on any atom is -0.289 e. The van der Waals surface area contributed by atoms with Gasteiger partial charge in [0.2, 0.25) is 5.91 Å². The molecule has 0 saturated heterocycles. The first-order valence-electron chi connectivity index (χ1n) is 9.43. The van der Waals surface area contributed by atoms with Crippen LogP contribution in [-0.4, -0.2) is 11.7 Å². The Morgan fingerprint density at radius 3 is 2.04 bits per heavy atom. The van der Waals surface area contributed by atoms with Crippen LogP contribution in [0.15, 0.2) is 90.5 Å². The van der Waals surface area contributed by atoms with E-state index in [1.54, 1.807) is 4.90 Å². The molecule has 0 fully saturated rings. The third-order valence-electron chi connectivity index (χ3n) is 5.00. The topological polar surface area (TPSA) is 37.4 Å². The van der Waals surface area contributed by atoms with Crippen LogP contribution in [0, 0.1) is 6.92 Å². The maximum absolute atomic E-state index is 13.3. The number of Topliss-reactive ketones (excluding diaryl/α,β-unsaturated/α-hetero) is 1. The fraction of sp³-hybridized carbons (Fsp3) is 0.120. The van der Waals surface area contributed by atoms with Crippen LogP contribution in [0.25, 0.3) is 5.70 Å². The number of nitrogens with zero attached hydrogens (tertiary/aromatic N) is 1. The molecule has 0 saturated carbocycles. The monoisotopic (exact) mass is 367 g/mol. The second kappa shape index (κ2) is 7.65. The zero-order valence-electron chi connectivity index (χ0n) is 15.8. The van der Waals surface area contributed by atoms with Gasteiger partial charge in [-0.3, -0.25) is 14.5 Å². The minimum atomic E-state index is -0.0240. The van der Waals surface area contributed by atoms with Gasteiger partial charge in [0, 0.05) is 23.2 Å². The molecule has 138 valence electrons. The number of carbonyl (C=O) groups is 2. The van der Waals surface area contributed by atoms with Crippen molar-refractivity contribution >= 4 is 23.1 Å². The number of hydrogen-bond donors (Lipinski definition) is 0. The van der Waals surface area contributed by atoms with Gasteiger partial charge >= 0.3 is 0 Å². The number of carbonyl (C=O) groups excluding carboxylic acids is 2. The average Bonchev–Trinajstić information content (AvgIpc) is 2.75. The first-order valence-corrected chi connectivity index (χ1v) is 9.43. The largest absolute Gasteiger partial charge is 0.289 e. The number of allylic oxidation sites excluding steroid dienone is 1. The van der Waals surface area contributed by atoms with Crippen LogP contribution in [0.3, 0.4) is 0 Å². The molecule has 1 heterocycles. The number of hydrogen-bond acceptors (Lipinski definition) is 2. The number of benzene rings is 3. The number of amides is 1. The van der Waals surface area contributed by atoms with E-state index in [-0.39, 0.29) is 11.7 Å². The van der Waals surface area contributed by atoms with Gasteiger partial charge in [0.25, 0.3) is 0 Å². The molecular formula is C25H21NO2. The molecule has 0 N–H and O–H groups in total. The maximum Gasteiger partial charge on any atom is 0.231 e. The highest BCUT2D eigenvalue weighted by molar-refractivity contribution is 6.20. The van der Waals surface area contributed by atoms with E-state index in [9.17, 15) is 9.59 Å². The Balaban J connectivity index is 1.92. The van der Waals surface area contributed by atoms with Crippen molar-refractivity contribution in [1.82, 2.24) is 0 Å². The van der Waals surface area contributed by atoms with Gasteiger partial charge in [-0.15, -0.1) is 0 Å². The predicted octanol–water partition coefficient (Wildman–Crippen LogP) is 5.42. The van der Waals surface area contributed by atoms with Gasteiger partial charge in [-0.05, 0) is 31.0 Å². The maximum atomic E-state index is 13.3. The lowest BCUT2D eigenvalue weighted by Crippen LogP contribution is -2.35. The Morgan fingerprint density at radius 1 is 0.786 bits per heavy atom. The van der Waals surface area contributed by atoms with Crippen molar-refractivity contribution in [2.75, 3.05) is 4.90 Å². The van der Waals surface area contributed by atoms with E-state index in [0.717, 1.165) is 16.8 Å². The summed E-state index contributed by atoms with van der Waals surface area (Å²) in [4.78, 5) is 28.0. The van der Waals surface area contributed by atoms with Crippen LogP contribution < -0.4 is 4.90 Å². The zero-order valence-corrected chi connectivity index (χ0v) is 15.8. The predicted molar refractivity (Wildman–Crippen MR) is 112 cm³/mol. The minimum absolute atomic E-state index is 0.00678. The number of anilines is 1. The van der Waals surface area contributed by atoms with Crippen molar-refractivity contribution in [1.29, 1.82) is 0 Å². The number of ketones is 1. The molecule has 0 spiro atoms. The molecule has 3 aromatic carbocycles. The summed E-state index contributed by atoms with van der Waals surface area (Å²) in [5.74, 6) is -0.0172. The van der Waals surface area contributed by atoms with Crippen LogP contribution in [0.4, 0.5) is 5.69 Å². The summed E-state index contributed by atoms with van der Waals surface area (Å²) in [7, 11) is 0. The SMILES string of the molecule is Cc1ccc(N2C(=O)CCC(C(=O)c3ccccc3)=C2c2ccccc2)cc1. The van der Waals surface area contributed by atoms with E-state index in [2.05, 4.69) is 0 Å². The van der Waals surface area contributed by atoms with Crippen LogP contribution in [0.1, 0.15) is 34.3 Å². The molecule has 3 heteroatoms. The fourth-order valence-electron chi connectivity index (χ4n) is 3.57. The van der Waals surface area contributed by atoms with Crippen molar-refractivity contribution < 1.29 is 9.59 Å². The van der Waals surface area contributed by atoms with Gasteiger partial charge in [-0.1, -0.05) is 78.4 Å². The van der Waals surface area contributed by atoms with E-state index in [1.165, 1.54) is 0 Å². The molecule has 3 nitrogen and oxygen atoms in total. The molecule has 0 radical (unpaired) electrons. The normalized spacial score (nSPS) is 14.3. The standard InChI is InChI=1S/C25H21NO2/c1-18-12-14-21(15-13-18)26-23(27)17-16-22(24(26)19-8-4-2-5-9-19)25(28)20-10-6-3-7-11-20/h2-15H,16-17H2,1H3. The lowest BCUT2D eigenvalue weighted by atomic mass is 9.90. The summed E-state index contributed by atoms with van der Waals surface area (Å²) in [5.41, 5.74) is 4.79. The smallest absolute Gasteiger partial charge is 0.231 e. The molecule has 28 heavy (non-hydrogen) atoms. The van der Waals surface area contributed by atoms with Gasteiger partial charge < -0.3 is 0 Å². The van der Waals surface area contributed by atoms with Crippen LogP contribution >= 0.6 is 0 Å². The van der Waals surface area contributed by atoms with Gasteiger partial charge in [-0.2, -0.15) is 0 Å². The quantitative estimate of drug-likeness (QED) is 0.578. The lowest BCUT2D eigenvalue weighted by Gasteiger charge is -2.32. The van der Waals surface area contributed by atoms with Crippen molar-refractivity contribution in [2.45, 2.75) is 19.8 Å². The first kappa shape index (κ1) is 17.9. The molecule has 0 aliphatic carbocycles. The number of rotatable bonds is 4. The fourth-order valence-corrected chi connectivity index (χ4v) is 3.57. The lowest BCUT2D eigenvalue weighted by molar-refractivity contribution is -0.118.